The number of methoxy groups -OCH3 is 1. The molecular weight excluding hydrogens is 250 g/mol. The Labute approximate surface area is 113 Å². The number of rotatable bonds is 7. The third-order valence-electron chi connectivity index (χ3n) is 3.40. The molecule has 0 spiro atoms. The van der Waals surface area contributed by atoms with Gasteiger partial charge in [-0.3, -0.25) is 4.79 Å². The second-order valence-corrected chi connectivity index (χ2v) is 4.82. The summed E-state index contributed by atoms with van der Waals surface area (Å²) in [5, 5.41) is 14.1. The van der Waals surface area contributed by atoms with E-state index >= 15 is 0 Å². The number of amides is 2. The van der Waals surface area contributed by atoms with Crippen LogP contribution in [0.3, 0.4) is 0 Å². The maximum Gasteiger partial charge on any atom is 0.314 e. The molecule has 1 aliphatic heterocycles. The van der Waals surface area contributed by atoms with Crippen LogP contribution in [0.2, 0.25) is 0 Å². The first-order valence-electron chi connectivity index (χ1n) is 6.49. The lowest BCUT2D eigenvalue weighted by Crippen LogP contribution is -2.45. The van der Waals surface area contributed by atoms with Gasteiger partial charge in [-0.05, 0) is 26.4 Å². The first-order valence-corrected chi connectivity index (χ1v) is 6.49. The average Bonchev–Trinajstić information content (AvgIpc) is 2.77. The quantitative estimate of drug-likeness (QED) is 0.601. The monoisotopic (exact) mass is 273 g/mol. The third-order valence-corrected chi connectivity index (χ3v) is 3.40. The number of carbonyl (C=O) groups is 2. The fraction of sp³-hybridized carbons (Fsp3) is 0.833. The van der Waals surface area contributed by atoms with Crippen molar-refractivity contribution in [2.75, 3.05) is 33.8 Å². The van der Waals surface area contributed by atoms with E-state index in [9.17, 15) is 9.59 Å². The number of carboxylic acids is 1. The smallest absolute Gasteiger partial charge is 0.314 e. The molecule has 19 heavy (non-hydrogen) atoms. The molecule has 7 heteroatoms. The number of nitrogens with zero attached hydrogens (tertiary/aromatic N) is 1. The van der Waals surface area contributed by atoms with Crippen molar-refractivity contribution >= 4 is 12.0 Å². The standard InChI is InChI=1S/C12H23N3O4/c1-15-5-3-4-9(15)7-13-12(18)14-8-10(19-2)6-11(16)17/h9-10H,3-8H2,1-2H3,(H,16,17)(H2,13,14,18). The molecule has 0 bridgehead atoms. The predicted octanol–water partition coefficient (Wildman–Crippen LogP) is -0.130. The Morgan fingerprint density at radius 3 is 2.74 bits per heavy atom. The van der Waals surface area contributed by atoms with Crippen molar-refractivity contribution < 1.29 is 19.4 Å². The van der Waals surface area contributed by atoms with Gasteiger partial charge in [-0.15, -0.1) is 0 Å². The highest BCUT2D eigenvalue weighted by Crippen LogP contribution is 2.13. The molecule has 1 heterocycles. The average molecular weight is 273 g/mol. The Morgan fingerprint density at radius 1 is 1.47 bits per heavy atom. The van der Waals surface area contributed by atoms with Crippen LogP contribution in [0.4, 0.5) is 4.79 Å². The first kappa shape index (κ1) is 15.7. The van der Waals surface area contributed by atoms with Crippen LogP contribution in [0.5, 0.6) is 0 Å². The van der Waals surface area contributed by atoms with Crippen molar-refractivity contribution in [3.8, 4) is 0 Å². The molecule has 0 saturated carbocycles. The molecule has 3 N–H and O–H groups in total. The summed E-state index contributed by atoms with van der Waals surface area (Å²) in [6.07, 6.45) is 1.63. The van der Waals surface area contributed by atoms with Gasteiger partial charge in [0.25, 0.3) is 0 Å². The van der Waals surface area contributed by atoms with Crippen LogP contribution in [0.1, 0.15) is 19.3 Å². The molecule has 0 aromatic heterocycles. The van der Waals surface area contributed by atoms with Crippen LogP contribution in [0.25, 0.3) is 0 Å². The van der Waals surface area contributed by atoms with Crippen LogP contribution in [-0.2, 0) is 9.53 Å². The molecule has 7 nitrogen and oxygen atoms in total. The molecular formula is C12H23N3O4. The number of likely N-dealkylation sites (tertiary alicyclic amines) is 1. The van der Waals surface area contributed by atoms with E-state index in [0.29, 0.717) is 12.6 Å². The Hall–Kier alpha value is -1.34. The molecule has 2 unspecified atom stereocenters. The van der Waals surface area contributed by atoms with E-state index in [-0.39, 0.29) is 19.0 Å². The SMILES string of the molecule is COC(CNC(=O)NCC1CCCN1C)CC(=O)O. The largest absolute Gasteiger partial charge is 0.481 e. The zero-order valence-corrected chi connectivity index (χ0v) is 11.5. The molecule has 0 aromatic carbocycles. The Morgan fingerprint density at radius 2 is 2.21 bits per heavy atom. The molecule has 0 radical (unpaired) electrons. The fourth-order valence-corrected chi connectivity index (χ4v) is 2.15. The number of urea groups is 1. The highest BCUT2D eigenvalue weighted by Gasteiger charge is 2.21. The number of likely N-dealkylation sites (N-methyl/N-ethyl adjacent to an activating group) is 1. The van der Waals surface area contributed by atoms with Crippen molar-refractivity contribution in [1.82, 2.24) is 15.5 Å². The van der Waals surface area contributed by atoms with E-state index in [2.05, 4.69) is 15.5 Å². The minimum atomic E-state index is -0.943. The van der Waals surface area contributed by atoms with Gasteiger partial charge in [0.1, 0.15) is 0 Å². The van der Waals surface area contributed by atoms with Gasteiger partial charge in [-0.25, -0.2) is 4.79 Å². The summed E-state index contributed by atoms with van der Waals surface area (Å²) in [5.74, 6) is -0.943. The summed E-state index contributed by atoms with van der Waals surface area (Å²) in [6, 6.07) is 0.107. The van der Waals surface area contributed by atoms with E-state index < -0.39 is 12.1 Å². The number of nitrogens with one attached hydrogen (secondary N) is 2. The fourth-order valence-electron chi connectivity index (χ4n) is 2.15. The second kappa shape index (κ2) is 7.96. The molecule has 1 rings (SSSR count). The number of hydrogen-bond donors (Lipinski definition) is 3. The van der Waals surface area contributed by atoms with E-state index in [4.69, 9.17) is 9.84 Å². The molecule has 2 amide bonds. The van der Waals surface area contributed by atoms with Crippen molar-refractivity contribution in [2.45, 2.75) is 31.4 Å². The summed E-state index contributed by atoms with van der Waals surface area (Å²) in [4.78, 5) is 24.3. The topological polar surface area (TPSA) is 90.9 Å². The number of aliphatic carboxylic acids is 1. The van der Waals surface area contributed by atoms with Crippen molar-refractivity contribution in [3.05, 3.63) is 0 Å². The summed E-state index contributed by atoms with van der Waals surface area (Å²) in [6.45, 7) is 1.87. The lowest BCUT2D eigenvalue weighted by molar-refractivity contribution is -0.139. The number of carboxylic acid groups (broad SMARTS) is 1. The van der Waals surface area contributed by atoms with Gasteiger partial charge < -0.3 is 25.4 Å². The second-order valence-electron chi connectivity index (χ2n) is 4.82. The van der Waals surface area contributed by atoms with E-state index in [1.165, 1.54) is 7.11 Å². The van der Waals surface area contributed by atoms with Crippen LogP contribution < -0.4 is 10.6 Å². The highest BCUT2D eigenvalue weighted by molar-refractivity contribution is 5.74. The molecule has 1 saturated heterocycles. The van der Waals surface area contributed by atoms with E-state index in [0.717, 1.165) is 19.4 Å². The van der Waals surface area contributed by atoms with Gasteiger partial charge >= 0.3 is 12.0 Å². The number of carbonyl (C=O) groups excluding carboxylic acids is 1. The van der Waals surface area contributed by atoms with Gasteiger partial charge in [0.2, 0.25) is 0 Å². The van der Waals surface area contributed by atoms with Gasteiger partial charge in [0.05, 0.1) is 12.5 Å². The summed E-state index contributed by atoms with van der Waals surface area (Å²) >= 11 is 0. The molecule has 1 fully saturated rings. The van der Waals surface area contributed by atoms with Crippen LogP contribution in [0, 0.1) is 0 Å². The van der Waals surface area contributed by atoms with Gasteiger partial charge in [-0.2, -0.15) is 0 Å². The molecule has 110 valence electrons. The van der Waals surface area contributed by atoms with Crippen LogP contribution in [-0.4, -0.2) is 67.9 Å². The first-order chi connectivity index (χ1) is 9.02. The van der Waals surface area contributed by atoms with Gasteiger partial charge in [-0.1, -0.05) is 0 Å². The van der Waals surface area contributed by atoms with Crippen LogP contribution in [0.15, 0.2) is 0 Å². The van der Waals surface area contributed by atoms with Crippen molar-refractivity contribution in [2.24, 2.45) is 0 Å². The normalized spacial score (nSPS) is 21.1. The zero-order valence-electron chi connectivity index (χ0n) is 11.5. The minimum Gasteiger partial charge on any atom is -0.481 e. The van der Waals surface area contributed by atoms with Gasteiger partial charge in [0.15, 0.2) is 0 Å². The predicted molar refractivity (Wildman–Crippen MR) is 70.1 cm³/mol. The van der Waals surface area contributed by atoms with E-state index in [1.54, 1.807) is 0 Å². The lowest BCUT2D eigenvalue weighted by atomic mass is 10.2. The summed E-state index contributed by atoms with van der Waals surface area (Å²) in [7, 11) is 3.48. The maximum atomic E-state index is 11.6. The molecule has 0 aromatic rings. The Bertz CT molecular complexity index is 311. The summed E-state index contributed by atoms with van der Waals surface area (Å²) in [5.41, 5.74) is 0. The minimum absolute atomic E-state index is 0.123. The Balaban J connectivity index is 2.17. The highest BCUT2D eigenvalue weighted by atomic mass is 16.5. The molecule has 2 atom stereocenters. The Kier molecular flexibility index (Phi) is 6.58. The van der Waals surface area contributed by atoms with Crippen molar-refractivity contribution in [3.63, 3.8) is 0 Å². The van der Waals surface area contributed by atoms with E-state index in [1.807, 2.05) is 7.05 Å². The third kappa shape index (κ3) is 5.89. The zero-order chi connectivity index (χ0) is 14.3. The molecule has 0 aliphatic carbocycles. The van der Waals surface area contributed by atoms with Gasteiger partial charge in [0, 0.05) is 26.2 Å². The maximum absolute atomic E-state index is 11.6. The summed E-state index contributed by atoms with van der Waals surface area (Å²) < 4.78 is 4.97. The lowest BCUT2D eigenvalue weighted by Gasteiger charge is -2.20. The van der Waals surface area contributed by atoms with Crippen LogP contribution >= 0.6 is 0 Å². The van der Waals surface area contributed by atoms with Crippen molar-refractivity contribution in [1.29, 1.82) is 0 Å². The number of ether oxygens (including phenoxy) is 1. The number of hydrogen-bond acceptors (Lipinski definition) is 4. The molecule has 1 aliphatic rings.